The van der Waals surface area contributed by atoms with Crippen LogP contribution < -0.4 is 5.43 Å². The molecule has 1 amide bonds. The van der Waals surface area contributed by atoms with Crippen molar-refractivity contribution in [2.45, 2.75) is 20.3 Å². The second kappa shape index (κ2) is 5.57. The van der Waals surface area contributed by atoms with Crippen molar-refractivity contribution in [3.63, 3.8) is 0 Å². The fourth-order valence-electron chi connectivity index (χ4n) is 0.633. The van der Waals surface area contributed by atoms with Crippen molar-refractivity contribution in [3.05, 3.63) is 0 Å². The molecule has 0 aliphatic carbocycles. The highest BCUT2D eigenvalue weighted by Gasteiger charge is 2.01. The molecular formula is C8H17N3O. The van der Waals surface area contributed by atoms with Gasteiger partial charge in [0.25, 0.3) is 0 Å². The normalized spacial score (nSPS) is 10.8. The average molecular weight is 171 g/mol. The molecule has 0 aromatic rings. The summed E-state index contributed by atoms with van der Waals surface area (Å²) in [7, 11) is 3.69. The van der Waals surface area contributed by atoms with E-state index in [4.69, 9.17) is 0 Å². The largest absolute Gasteiger partial charge is 0.367 e. The van der Waals surface area contributed by atoms with Crippen LogP contribution in [0.25, 0.3) is 0 Å². The van der Waals surface area contributed by atoms with Crippen LogP contribution in [0.1, 0.15) is 20.3 Å². The summed E-state index contributed by atoms with van der Waals surface area (Å²) < 4.78 is 0. The summed E-state index contributed by atoms with van der Waals surface area (Å²) in [6, 6.07) is 0. The smallest absolute Gasteiger partial charge is 0.240 e. The van der Waals surface area contributed by atoms with Gasteiger partial charge in [-0.1, -0.05) is 13.8 Å². The van der Waals surface area contributed by atoms with Crippen molar-refractivity contribution in [1.29, 1.82) is 0 Å². The Morgan fingerprint density at radius 3 is 2.58 bits per heavy atom. The van der Waals surface area contributed by atoms with Crippen molar-refractivity contribution in [3.8, 4) is 0 Å². The molecule has 0 radical (unpaired) electrons. The summed E-state index contributed by atoms with van der Waals surface area (Å²) in [5.41, 5.74) is 2.43. The monoisotopic (exact) mass is 171 g/mol. The van der Waals surface area contributed by atoms with Gasteiger partial charge in [-0.15, -0.1) is 0 Å². The maximum Gasteiger partial charge on any atom is 0.240 e. The number of carbonyl (C=O) groups is 1. The Balaban J connectivity index is 3.57. The zero-order valence-electron chi connectivity index (χ0n) is 8.16. The van der Waals surface area contributed by atoms with E-state index in [0.717, 1.165) is 0 Å². The summed E-state index contributed by atoms with van der Waals surface area (Å²) in [5.74, 6) is 0.336. The molecule has 4 nitrogen and oxygen atoms in total. The Morgan fingerprint density at radius 2 is 2.17 bits per heavy atom. The van der Waals surface area contributed by atoms with Crippen LogP contribution >= 0.6 is 0 Å². The van der Waals surface area contributed by atoms with E-state index >= 15 is 0 Å². The first-order valence-corrected chi connectivity index (χ1v) is 4.01. The molecule has 0 atom stereocenters. The zero-order chi connectivity index (χ0) is 9.56. The van der Waals surface area contributed by atoms with Gasteiger partial charge in [-0.25, -0.2) is 5.43 Å². The Labute approximate surface area is 73.6 Å². The number of carbonyl (C=O) groups excluding carboxylic acids is 1. The number of amides is 1. The van der Waals surface area contributed by atoms with Crippen LogP contribution in [0.15, 0.2) is 5.10 Å². The first kappa shape index (κ1) is 10.9. The Hall–Kier alpha value is -1.06. The number of nitrogens with one attached hydrogen (secondary N) is 1. The number of hydrogen-bond donors (Lipinski definition) is 1. The van der Waals surface area contributed by atoms with Crippen molar-refractivity contribution in [2.75, 3.05) is 14.1 Å². The van der Waals surface area contributed by atoms with Crippen LogP contribution in [0.2, 0.25) is 0 Å². The molecule has 0 rings (SSSR count). The molecule has 0 bridgehead atoms. The van der Waals surface area contributed by atoms with Crippen LogP contribution in [0, 0.1) is 5.92 Å². The van der Waals surface area contributed by atoms with Crippen LogP contribution in [0.5, 0.6) is 0 Å². The maximum absolute atomic E-state index is 11.0. The van der Waals surface area contributed by atoms with Crippen LogP contribution in [0.3, 0.4) is 0 Å². The topological polar surface area (TPSA) is 44.7 Å². The van der Waals surface area contributed by atoms with Gasteiger partial charge in [0.05, 0.1) is 0 Å². The van der Waals surface area contributed by atoms with E-state index in [2.05, 4.69) is 10.5 Å². The fraction of sp³-hybridized carbons (Fsp3) is 0.750. The molecule has 1 N–H and O–H groups in total. The Kier molecular flexibility index (Phi) is 5.08. The van der Waals surface area contributed by atoms with Gasteiger partial charge in [-0.05, 0) is 5.92 Å². The molecule has 0 spiro atoms. The minimum absolute atomic E-state index is 0.0388. The minimum atomic E-state index is -0.0388. The Bertz CT molecular complexity index is 164. The summed E-state index contributed by atoms with van der Waals surface area (Å²) in [6.45, 7) is 3.99. The van der Waals surface area contributed by atoms with Gasteiger partial charge in [0, 0.05) is 20.5 Å². The molecule has 0 aromatic heterocycles. The zero-order valence-corrected chi connectivity index (χ0v) is 8.16. The van der Waals surface area contributed by atoms with Gasteiger partial charge in [-0.3, -0.25) is 4.79 Å². The van der Waals surface area contributed by atoms with Crippen molar-refractivity contribution >= 4 is 12.2 Å². The van der Waals surface area contributed by atoms with Gasteiger partial charge >= 0.3 is 0 Å². The summed E-state index contributed by atoms with van der Waals surface area (Å²) in [4.78, 5) is 12.8. The lowest BCUT2D eigenvalue weighted by molar-refractivity contribution is -0.121. The number of rotatable bonds is 4. The van der Waals surface area contributed by atoms with E-state index in [1.54, 1.807) is 11.2 Å². The second-order valence-corrected chi connectivity index (χ2v) is 3.34. The van der Waals surface area contributed by atoms with E-state index in [1.807, 2.05) is 27.9 Å². The number of hydrogen-bond acceptors (Lipinski definition) is 2. The van der Waals surface area contributed by atoms with E-state index in [1.165, 1.54) is 0 Å². The SMILES string of the molecule is CC(C)CC(=O)N/N=C/N(C)C. The van der Waals surface area contributed by atoms with Gasteiger partial charge in [0.15, 0.2) is 0 Å². The van der Waals surface area contributed by atoms with E-state index in [9.17, 15) is 4.79 Å². The highest BCUT2D eigenvalue weighted by atomic mass is 16.2. The van der Waals surface area contributed by atoms with E-state index in [-0.39, 0.29) is 5.91 Å². The predicted octanol–water partition coefficient (Wildman–Crippen LogP) is 0.654. The lowest BCUT2D eigenvalue weighted by Gasteiger charge is -2.04. The van der Waals surface area contributed by atoms with E-state index < -0.39 is 0 Å². The number of hydrazone groups is 1. The molecule has 0 aromatic carbocycles. The molecule has 0 aliphatic heterocycles. The quantitative estimate of drug-likeness (QED) is 0.383. The molecule has 0 saturated carbocycles. The molecule has 0 fully saturated rings. The molecule has 0 unspecified atom stereocenters. The summed E-state index contributed by atoms with van der Waals surface area (Å²) >= 11 is 0. The third-order valence-corrected chi connectivity index (χ3v) is 1.07. The van der Waals surface area contributed by atoms with Gasteiger partial charge in [0.2, 0.25) is 5.91 Å². The standard InChI is InChI=1S/C8H17N3O/c1-7(2)5-8(12)10-9-6-11(3)4/h6-7H,5H2,1-4H3,(H,10,12)/b9-6+. The highest BCUT2D eigenvalue weighted by molar-refractivity contribution is 5.76. The third kappa shape index (κ3) is 7.05. The van der Waals surface area contributed by atoms with Gasteiger partial charge < -0.3 is 4.90 Å². The van der Waals surface area contributed by atoms with Gasteiger partial charge in [0.1, 0.15) is 6.34 Å². The fourth-order valence-corrected chi connectivity index (χ4v) is 0.633. The highest BCUT2D eigenvalue weighted by Crippen LogP contribution is 1.97. The van der Waals surface area contributed by atoms with Crippen LogP contribution in [-0.2, 0) is 4.79 Å². The van der Waals surface area contributed by atoms with Crippen LogP contribution in [0.4, 0.5) is 0 Å². The lowest BCUT2D eigenvalue weighted by atomic mass is 10.1. The van der Waals surface area contributed by atoms with Gasteiger partial charge in [-0.2, -0.15) is 5.10 Å². The Morgan fingerprint density at radius 1 is 1.58 bits per heavy atom. The first-order chi connectivity index (χ1) is 5.52. The molecule has 0 aliphatic rings. The summed E-state index contributed by atoms with van der Waals surface area (Å²) in [5, 5.41) is 3.73. The lowest BCUT2D eigenvalue weighted by Crippen LogP contribution is -2.21. The van der Waals surface area contributed by atoms with Crippen molar-refractivity contribution in [1.82, 2.24) is 10.3 Å². The average Bonchev–Trinajstić information content (AvgIpc) is 1.84. The van der Waals surface area contributed by atoms with E-state index in [0.29, 0.717) is 12.3 Å². The maximum atomic E-state index is 11.0. The first-order valence-electron chi connectivity index (χ1n) is 4.01. The molecule has 0 saturated heterocycles. The predicted molar refractivity (Wildman–Crippen MR) is 49.8 cm³/mol. The second-order valence-electron chi connectivity index (χ2n) is 3.34. The molecular weight excluding hydrogens is 154 g/mol. The molecule has 12 heavy (non-hydrogen) atoms. The van der Waals surface area contributed by atoms with Crippen molar-refractivity contribution < 1.29 is 4.79 Å². The third-order valence-electron chi connectivity index (χ3n) is 1.07. The minimum Gasteiger partial charge on any atom is -0.367 e. The number of nitrogens with zero attached hydrogens (tertiary/aromatic N) is 2. The molecule has 70 valence electrons. The molecule has 0 heterocycles. The molecule has 4 heteroatoms. The van der Waals surface area contributed by atoms with Crippen LogP contribution in [-0.4, -0.2) is 31.2 Å². The van der Waals surface area contributed by atoms with Crippen molar-refractivity contribution in [2.24, 2.45) is 11.0 Å². The summed E-state index contributed by atoms with van der Waals surface area (Å²) in [6.07, 6.45) is 2.07.